The SMILES string of the molecule is O=C1CC(C(=O)NCc2cc(=O)[nH]c(N3CCOCC3)n2)c2ccccc2N1. The number of fused-ring (bicyclic) bond motifs is 1. The molecule has 0 radical (unpaired) electrons. The molecule has 4 rings (SSSR count). The molecule has 2 aliphatic heterocycles. The van der Waals surface area contributed by atoms with E-state index in [9.17, 15) is 14.4 Å². The summed E-state index contributed by atoms with van der Waals surface area (Å²) in [7, 11) is 0. The normalized spacial score (nSPS) is 18.9. The zero-order valence-corrected chi connectivity index (χ0v) is 15.2. The molecule has 9 nitrogen and oxygen atoms in total. The number of hydrogen-bond acceptors (Lipinski definition) is 6. The fourth-order valence-electron chi connectivity index (χ4n) is 3.46. The van der Waals surface area contributed by atoms with E-state index in [1.54, 1.807) is 6.07 Å². The van der Waals surface area contributed by atoms with Gasteiger partial charge in [-0.15, -0.1) is 0 Å². The number of amides is 2. The molecular formula is C19H21N5O4. The first-order valence-corrected chi connectivity index (χ1v) is 9.19. The first kappa shape index (κ1) is 18.2. The van der Waals surface area contributed by atoms with Crippen LogP contribution in [0.1, 0.15) is 23.6 Å². The summed E-state index contributed by atoms with van der Waals surface area (Å²) < 4.78 is 5.31. The number of morpholine rings is 1. The Hall–Kier alpha value is -3.20. The molecule has 3 N–H and O–H groups in total. The molecule has 0 aliphatic carbocycles. The molecule has 28 heavy (non-hydrogen) atoms. The van der Waals surface area contributed by atoms with Gasteiger partial charge in [0.1, 0.15) is 0 Å². The second-order valence-electron chi connectivity index (χ2n) is 6.77. The minimum absolute atomic E-state index is 0.0880. The van der Waals surface area contributed by atoms with Crippen molar-refractivity contribution in [3.8, 4) is 0 Å². The van der Waals surface area contributed by atoms with E-state index in [4.69, 9.17) is 4.74 Å². The van der Waals surface area contributed by atoms with Gasteiger partial charge in [-0.3, -0.25) is 19.4 Å². The van der Waals surface area contributed by atoms with Gasteiger partial charge in [-0.05, 0) is 11.6 Å². The third-order valence-corrected chi connectivity index (χ3v) is 4.85. The zero-order chi connectivity index (χ0) is 19.5. The minimum Gasteiger partial charge on any atom is -0.378 e. The number of anilines is 2. The second kappa shape index (κ2) is 7.81. The Kier molecular flexibility index (Phi) is 5.07. The number of ether oxygens (including phenoxy) is 1. The van der Waals surface area contributed by atoms with Crippen LogP contribution in [0.2, 0.25) is 0 Å². The number of carbonyl (C=O) groups is 2. The molecule has 146 valence electrons. The molecule has 0 spiro atoms. The van der Waals surface area contributed by atoms with Gasteiger partial charge in [-0.25, -0.2) is 4.98 Å². The average Bonchev–Trinajstić information content (AvgIpc) is 2.71. The molecule has 0 bridgehead atoms. The van der Waals surface area contributed by atoms with Gasteiger partial charge in [0.15, 0.2) is 0 Å². The lowest BCUT2D eigenvalue weighted by molar-refractivity contribution is -0.126. The van der Waals surface area contributed by atoms with Gasteiger partial charge >= 0.3 is 0 Å². The van der Waals surface area contributed by atoms with Gasteiger partial charge in [0.2, 0.25) is 17.8 Å². The quantitative estimate of drug-likeness (QED) is 0.702. The van der Waals surface area contributed by atoms with Gasteiger partial charge < -0.3 is 20.3 Å². The second-order valence-corrected chi connectivity index (χ2v) is 6.77. The Morgan fingerprint density at radius 2 is 2.04 bits per heavy atom. The first-order valence-electron chi connectivity index (χ1n) is 9.19. The molecule has 1 aromatic heterocycles. The number of nitrogens with zero attached hydrogens (tertiary/aromatic N) is 2. The van der Waals surface area contributed by atoms with E-state index in [2.05, 4.69) is 20.6 Å². The number of para-hydroxylation sites is 1. The highest BCUT2D eigenvalue weighted by atomic mass is 16.5. The Morgan fingerprint density at radius 3 is 2.86 bits per heavy atom. The predicted octanol–water partition coefficient (Wildman–Crippen LogP) is 0.349. The van der Waals surface area contributed by atoms with E-state index in [-0.39, 0.29) is 30.3 Å². The van der Waals surface area contributed by atoms with Crippen LogP contribution >= 0.6 is 0 Å². The van der Waals surface area contributed by atoms with Crippen LogP contribution in [0, 0.1) is 0 Å². The summed E-state index contributed by atoms with van der Waals surface area (Å²) in [6.07, 6.45) is 0.0880. The molecule has 1 aromatic carbocycles. The number of H-pyrrole nitrogens is 1. The van der Waals surface area contributed by atoms with Crippen molar-refractivity contribution >= 4 is 23.5 Å². The highest BCUT2D eigenvalue weighted by Gasteiger charge is 2.30. The maximum atomic E-state index is 12.7. The molecule has 1 fully saturated rings. The standard InChI is InChI=1S/C19H21N5O4/c25-16-9-12(21-19(23-16)24-5-7-28-8-6-24)11-20-18(27)14-10-17(26)22-15-4-2-1-3-13(14)15/h1-4,9,14H,5-8,10-11H2,(H,20,27)(H,22,26)(H,21,23,25). The van der Waals surface area contributed by atoms with Gasteiger partial charge in [-0.1, -0.05) is 18.2 Å². The van der Waals surface area contributed by atoms with Crippen LogP contribution in [0.3, 0.4) is 0 Å². The number of nitrogens with one attached hydrogen (secondary N) is 3. The molecule has 1 saturated heterocycles. The summed E-state index contributed by atoms with van der Waals surface area (Å²) in [5.74, 6) is -0.548. The molecule has 1 atom stereocenters. The van der Waals surface area contributed by atoms with Crippen LogP contribution in [0.4, 0.5) is 11.6 Å². The van der Waals surface area contributed by atoms with Crippen molar-refractivity contribution in [2.75, 3.05) is 36.5 Å². The van der Waals surface area contributed by atoms with Crippen LogP contribution in [-0.4, -0.2) is 48.1 Å². The van der Waals surface area contributed by atoms with Crippen LogP contribution < -0.4 is 21.1 Å². The molecule has 2 aromatic rings. The van der Waals surface area contributed by atoms with Gasteiger partial charge in [0, 0.05) is 31.3 Å². The van der Waals surface area contributed by atoms with Crippen molar-refractivity contribution in [1.82, 2.24) is 15.3 Å². The summed E-state index contributed by atoms with van der Waals surface area (Å²) in [5.41, 5.74) is 1.63. The van der Waals surface area contributed by atoms with Gasteiger partial charge in [-0.2, -0.15) is 0 Å². The van der Waals surface area contributed by atoms with Crippen molar-refractivity contribution < 1.29 is 14.3 Å². The fraction of sp³-hybridized carbons (Fsp3) is 0.368. The minimum atomic E-state index is -0.564. The smallest absolute Gasteiger partial charge is 0.252 e. The fourth-order valence-corrected chi connectivity index (χ4v) is 3.46. The summed E-state index contributed by atoms with van der Waals surface area (Å²) in [4.78, 5) is 45.7. The summed E-state index contributed by atoms with van der Waals surface area (Å²) in [6, 6.07) is 8.63. The van der Waals surface area contributed by atoms with Crippen molar-refractivity contribution in [2.45, 2.75) is 18.9 Å². The van der Waals surface area contributed by atoms with E-state index < -0.39 is 5.92 Å². The summed E-state index contributed by atoms with van der Waals surface area (Å²) >= 11 is 0. The largest absolute Gasteiger partial charge is 0.378 e. The number of aromatic amines is 1. The van der Waals surface area contributed by atoms with Crippen LogP contribution in [0.5, 0.6) is 0 Å². The molecule has 0 saturated carbocycles. The zero-order valence-electron chi connectivity index (χ0n) is 15.2. The van der Waals surface area contributed by atoms with E-state index in [0.717, 1.165) is 5.56 Å². The van der Waals surface area contributed by atoms with E-state index in [1.165, 1.54) is 6.07 Å². The van der Waals surface area contributed by atoms with Crippen LogP contribution in [0.25, 0.3) is 0 Å². The number of aromatic nitrogens is 2. The maximum Gasteiger partial charge on any atom is 0.252 e. The molecular weight excluding hydrogens is 362 g/mol. The number of hydrogen-bond donors (Lipinski definition) is 3. The van der Waals surface area contributed by atoms with Crippen molar-refractivity contribution in [3.05, 3.63) is 51.9 Å². The number of benzene rings is 1. The lowest BCUT2D eigenvalue weighted by atomic mass is 9.90. The third-order valence-electron chi connectivity index (χ3n) is 4.85. The molecule has 9 heteroatoms. The van der Waals surface area contributed by atoms with Gasteiger partial charge in [0.25, 0.3) is 5.56 Å². The Morgan fingerprint density at radius 1 is 1.25 bits per heavy atom. The Balaban J connectivity index is 1.47. The Bertz CT molecular complexity index is 951. The Labute approximate surface area is 161 Å². The maximum absolute atomic E-state index is 12.7. The highest BCUT2D eigenvalue weighted by molar-refractivity contribution is 6.01. The summed E-state index contributed by atoms with van der Waals surface area (Å²) in [5, 5.41) is 5.59. The van der Waals surface area contributed by atoms with E-state index in [0.29, 0.717) is 43.6 Å². The molecule has 2 amide bonds. The van der Waals surface area contributed by atoms with Crippen molar-refractivity contribution in [1.29, 1.82) is 0 Å². The highest BCUT2D eigenvalue weighted by Crippen LogP contribution is 2.32. The average molecular weight is 383 g/mol. The topological polar surface area (TPSA) is 116 Å². The molecule has 3 heterocycles. The lowest BCUT2D eigenvalue weighted by Gasteiger charge is -2.27. The van der Waals surface area contributed by atoms with Crippen molar-refractivity contribution in [3.63, 3.8) is 0 Å². The predicted molar refractivity (Wildman–Crippen MR) is 102 cm³/mol. The lowest BCUT2D eigenvalue weighted by Crippen LogP contribution is -2.39. The number of carbonyl (C=O) groups excluding carboxylic acids is 2. The molecule has 1 unspecified atom stereocenters. The van der Waals surface area contributed by atoms with Crippen molar-refractivity contribution in [2.24, 2.45) is 0 Å². The van der Waals surface area contributed by atoms with E-state index in [1.807, 2.05) is 23.1 Å². The number of rotatable bonds is 4. The van der Waals surface area contributed by atoms with Gasteiger partial charge in [0.05, 0.1) is 31.4 Å². The van der Waals surface area contributed by atoms with Crippen LogP contribution in [0.15, 0.2) is 35.1 Å². The van der Waals surface area contributed by atoms with E-state index >= 15 is 0 Å². The monoisotopic (exact) mass is 383 g/mol. The summed E-state index contributed by atoms with van der Waals surface area (Å²) in [6.45, 7) is 2.56. The third kappa shape index (κ3) is 3.89. The first-order chi connectivity index (χ1) is 13.6. The molecule has 2 aliphatic rings. The van der Waals surface area contributed by atoms with Crippen LogP contribution in [-0.2, 0) is 20.9 Å².